The molecule has 0 amide bonds. The molecule has 90 valence electrons. The average Bonchev–Trinajstić information content (AvgIpc) is 2.63. The lowest BCUT2D eigenvalue weighted by molar-refractivity contribution is -0.137. The Morgan fingerprint density at radius 2 is 2.00 bits per heavy atom. The van der Waals surface area contributed by atoms with E-state index in [1.807, 2.05) is 0 Å². The third-order valence-electron chi connectivity index (χ3n) is 2.03. The second kappa shape index (κ2) is 4.02. The minimum absolute atomic E-state index is 0.134. The molecule has 0 spiro atoms. The molecule has 17 heavy (non-hydrogen) atoms. The third kappa shape index (κ3) is 2.41. The number of aromatic nitrogens is 3. The van der Waals surface area contributed by atoms with Crippen LogP contribution in [0.5, 0.6) is 0 Å². The van der Waals surface area contributed by atoms with Crippen molar-refractivity contribution in [2.75, 3.05) is 5.73 Å². The summed E-state index contributed by atoms with van der Waals surface area (Å²) in [6, 6.07) is 3.25. The molecule has 0 saturated carbocycles. The molecule has 0 saturated heterocycles. The van der Waals surface area contributed by atoms with Crippen molar-refractivity contribution < 1.29 is 13.2 Å². The highest BCUT2D eigenvalue weighted by molar-refractivity contribution is 9.10. The monoisotopic (exact) mass is 306 g/mol. The van der Waals surface area contributed by atoms with Gasteiger partial charge in [0.25, 0.3) is 0 Å². The minimum Gasteiger partial charge on any atom is -0.381 e. The number of rotatable bonds is 1. The Hall–Kier alpha value is -1.57. The predicted molar refractivity (Wildman–Crippen MR) is 58.5 cm³/mol. The first-order chi connectivity index (χ1) is 7.88. The van der Waals surface area contributed by atoms with E-state index < -0.39 is 11.7 Å². The molecular weight excluding hydrogens is 301 g/mol. The van der Waals surface area contributed by atoms with Gasteiger partial charge in [-0.25, -0.2) is 4.68 Å². The predicted octanol–water partition coefficient (Wildman–Crippen LogP) is 2.63. The molecule has 0 unspecified atom stereocenters. The van der Waals surface area contributed by atoms with E-state index in [1.54, 1.807) is 0 Å². The topological polar surface area (TPSA) is 56.7 Å². The number of nitrogens with two attached hydrogens (primary N) is 1. The lowest BCUT2D eigenvalue weighted by Gasteiger charge is -2.09. The number of hydrogen-bond donors (Lipinski definition) is 1. The van der Waals surface area contributed by atoms with Crippen molar-refractivity contribution in [1.82, 2.24) is 15.0 Å². The number of halogens is 4. The molecule has 0 atom stereocenters. The van der Waals surface area contributed by atoms with E-state index in [1.165, 1.54) is 16.9 Å². The summed E-state index contributed by atoms with van der Waals surface area (Å²) in [6.45, 7) is 0. The number of nitrogens with zero attached hydrogens (tertiary/aromatic N) is 3. The maximum absolute atomic E-state index is 12.5. The van der Waals surface area contributed by atoms with Gasteiger partial charge in [-0.05, 0) is 34.1 Å². The van der Waals surface area contributed by atoms with Crippen molar-refractivity contribution in [2.45, 2.75) is 6.18 Å². The summed E-state index contributed by atoms with van der Waals surface area (Å²) in [5, 5.41) is 7.13. The number of hydrogen-bond acceptors (Lipinski definition) is 3. The number of anilines is 1. The van der Waals surface area contributed by atoms with Crippen LogP contribution in [0.4, 0.5) is 19.0 Å². The molecule has 2 aromatic rings. The molecule has 0 aliphatic heterocycles. The van der Waals surface area contributed by atoms with Gasteiger partial charge < -0.3 is 5.73 Å². The first-order valence-electron chi connectivity index (χ1n) is 4.43. The molecule has 0 aliphatic rings. The molecule has 1 aromatic carbocycles. The molecule has 0 bridgehead atoms. The zero-order chi connectivity index (χ0) is 12.6. The summed E-state index contributed by atoms with van der Waals surface area (Å²) < 4.78 is 39.2. The highest BCUT2D eigenvalue weighted by atomic mass is 79.9. The first-order valence-corrected chi connectivity index (χ1v) is 5.22. The molecule has 1 aromatic heterocycles. The van der Waals surface area contributed by atoms with Crippen LogP contribution in [0, 0.1) is 0 Å². The zero-order valence-electron chi connectivity index (χ0n) is 8.24. The maximum Gasteiger partial charge on any atom is 0.416 e. The van der Waals surface area contributed by atoms with E-state index in [0.29, 0.717) is 4.47 Å². The lowest BCUT2D eigenvalue weighted by atomic mass is 10.2. The standard InChI is InChI=1S/C9H6BrF3N4/c10-6-2-1-5(9(11,12)13)3-7(6)17-4-8(14)15-16-17/h1-4H,14H2. The normalized spacial score (nSPS) is 11.8. The molecule has 2 N–H and O–H groups in total. The van der Waals surface area contributed by atoms with E-state index in [4.69, 9.17) is 5.73 Å². The Bertz CT molecular complexity index is 549. The summed E-state index contributed by atoms with van der Waals surface area (Å²) in [5.41, 5.74) is 4.82. The minimum atomic E-state index is -4.40. The second-order valence-corrected chi connectivity index (χ2v) is 4.11. The fourth-order valence-corrected chi connectivity index (χ4v) is 1.69. The molecule has 1 heterocycles. The highest BCUT2D eigenvalue weighted by Gasteiger charge is 2.31. The molecule has 0 aliphatic carbocycles. The van der Waals surface area contributed by atoms with Crippen LogP contribution in [0.25, 0.3) is 5.69 Å². The van der Waals surface area contributed by atoms with Crippen LogP contribution >= 0.6 is 15.9 Å². The highest BCUT2D eigenvalue weighted by Crippen LogP contribution is 2.33. The van der Waals surface area contributed by atoms with E-state index in [9.17, 15) is 13.2 Å². The van der Waals surface area contributed by atoms with Crippen molar-refractivity contribution in [3.05, 3.63) is 34.4 Å². The van der Waals surface area contributed by atoms with Crippen LogP contribution in [-0.4, -0.2) is 15.0 Å². The Balaban J connectivity index is 2.54. The summed E-state index contributed by atoms with van der Waals surface area (Å²) in [4.78, 5) is 0. The van der Waals surface area contributed by atoms with Gasteiger partial charge >= 0.3 is 6.18 Å². The summed E-state index contributed by atoms with van der Waals surface area (Å²) >= 11 is 3.15. The molecule has 0 fully saturated rings. The van der Waals surface area contributed by atoms with Crippen LogP contribution in [0.3, 0.4) is 0 Å². The Morgan fingerprint density at radius 3 is 2.53 bits per heavy atom. The molecule has 0 radical (unpaired) electrons. The van der Waals surface area contributed by atoms with Gasteiger partial charge in [0, 0.05) is 4.47 Å². The number of benzene rings is 1. The third-order valence-corrected chi connectivity index (χ3v) is 2.70. The van der Waals surface area contributed by atoms with Crippen molar-refractivity contribution in [3.63, 3.8) is 0 Å². The maximum atomic E-state index is 12.5. The quantitative estimate of drug-likeness (QED) is 0.881. The first kappa shape index (κ1) is 11.9. The van der Waals surface area contributed by atoms with Crippen LogP contribution in [0.15, 0.2) is 28.9 Å². The molecule has 8 heteroatoms. The van der Waals surface area contributed by atoms with Gasteiger partial charge in [-0.1, -0.05) is 5.21 Å². The molecule has 4 nitrogen and oxygen atoms in total. The van der Waals surface area contributed by atoms with Gasteiger partial charge in [0.2, 0.25) is 0 Å². The fourth-order valence-electron chi connectivity index (χ4n) is 1.26. The Morgan fingerprint density at radius 1 is 1.29 bits per heavy atom. The average molecular weight is 307 g/mol. The second-order valence-electron chi connectivity index (χ2n) is 3.25. The smallest absolute Gasteiger partial charge is 0.381 e. The Kier molecular flexibility index (Phi) is 2.82. The fraction of sp³-hybridized carbons (Fsp3) is 0.111. The zero-order valence-corrected chi connectivity index (χ0v) is 9.83. The van der Waals surface area contributed by atoms with Crippen molar-refractivity contribution in [3.8, 4) is 5.69 Å². The van der Waals surface area contributed by atoms with Gasteiger partial charge in [0.05, 0.1) is 17.4 Å². The Labute approximate surface area is 102 Å². The van der Waals surface area contributed by atoms with Crippen LogP contribution < -0.4 is 5.73 Å². The van der Waals surface area contributed by atoms with Crippen molar-refractivity contribution in [1.29, 1.82) is 0 Å². The van der Waals surface area contributed by atoms with Crippen LogP contribution in [0.1, 0.15) is 5.56 Å². The van der Waals surface area contributed by atoms with E-state index in [-0.39, 0.29) is 11.5 Å². The van der Waals surface area contributed by atoms with Crippen LogP contribution in [0.2, 0.25) is 0 Å². The van der Waals surface area contributed by atoms with Gasteiger partial charge in [0.15, 0.2) is 5.82 Å². The van der Waals surface area contributed by atoms with Gasteiger partial charge in [0.1, 0.15) is 0 Å². The molecule has 2 rings (SSSR count). The van der Waals surface area contributed by atoms with Gasteiger partial charge in [-0.15, -0.1) is 5.10 Å². The molecular formula is C9H6BrF3N4. The van der Waals surface area contributed by atoms with E-state index >= 15 is 0 Å². The SMILES string of the molecule is Nc1cn(-c2cc(C(F)(F)F)ccc2Br)nn1. The lowest BCUT2D eigenvalue weighted by Crippen LogP contribution is -2.07. The van der Waals surface area contributed by atoms with Crippen LogP contribution in [-0.2, 0) is 6.18 Å². The van der Waals surface area contributed by atoms with E-state index in [2.05, 4.69) is 26.2 Å². The number of nitrogen functional groups attached to an aromatic ring is 1. The number of alkyl halides is 3. The summed E-state index contributed by atoms with van der Waals surface area (Å²) in [6.07, 6.45) is -3.07. The van der Waals surface area contributed by atoms with Crippen molar-refractivity contribution in [2.24, 2.45) is 0 Å². The summed E-state index contributed by atoms with van der Waals surface area (Å²) in [7, 11) is 0. The largest absolute Gasteiger partial charge is 0.416 e. The van der Waals surface area contributed by atoms with Gasteiger partial charge in [-0.3, -0.25) is 0 Å². The van der Waals surface area contributed by atoms with Gasteiger partial charge in [-0.2, -0.15) is 13.2 Å². The van der Waals surface area contributed by atoms with E-state index in [0.717, 1.165) is 12.1 Å². The summed E-state index contributed by atoms with van der Waals surface area (Å²) in [5.74, 6) is 0.134. The van der Waals surface area contributed by atoms with Crippen molar-refractivity contribution >= 4 is 21.7 Å².